The molecule has 2 aromatic heterocycles. The summed E-state index contributed by atoms with van der Waals surface area (Å²) in [5.74, 6) is 1.87. The molecule has 0 bridgehead atoms. The Bertz CT molecular complexity index is 729. The van der Waals surface area contributed by atoms with Gasteiger partial charge in [0.2, 0.25) is 0 Å². The molecular weight excluding hydrogens is 477 g/mol. The van der Waals surface area contributed by atoms with Crippen LogP contribution in [0.3, 0.4) is 0 Å². The molecule has 0 aromatic carbocycles. The summed E-state index contributed by atoms with van der Waals surface area (Å²) in [7, 11) is 0. The number of anilines is 1. The quantitative estimate of drug-likeness (QED) is 0.284. The summed E-state index contributed by atoms with van der Waals surface area (Å²) in [5, 5.41) is 4.05. The normalized spacial score (nSPS) is 14.6. The standard InChI is InChI=1S/C19H24ClN5O.HI/c1-2-7-22-19(23-9-5-16-4-3-14-26-16)25-12-10-24(11-13-25)18-6-8-21-15-17(18)20;/h2-4,6,8,14-15H,1,5,7,9-13H2,(H,22,23);1H. The second-order valence-electron chi connectivity index (χ2n) is 6.01. The molecule has 146 valence electrons. The number of hydrogen-bond acceptors (Lipinski definition) is 4. The number of nitrogens with zero attached hydrogens (tertiary/aromatic N) is 4. The van der Waals surface area contributed by atoms with Crippen LogP contribution in [0.4, 0.5) is 5.69 Å². The number of rotatable bonds is 6. The predicted octanol–water partition coefficient (Wildman–Crippen LogP) is 3.44. The van der Waals surface area contributed by atoms with Gasteiger partial charge in [-0.3, -0.25) is 9.98 Å². The van der Waals surface area contributed by atoms with Crippen molar-refractivity contribution in [2.75, 3.05) is 44.2 Å². The number of aliphatic imine (C=N–C) groups is 1. The molecule has 3 heterocycles. The average molecular weight is 502 g/mol. The van der Waals surface area contributed by atoms with Gasteiger partial charge in [-0.15, -0.1) is 30.6 Å². The van der Waals surface area contributed by atoms with E-state index >= 15 is 0 Å². The highest BCUT2D eigenvalue weighted by molar-refractivity contribution is 14.0. The Morgan fingerprint density at radius 1 is 1.33 bits per heavy atom. The van der Waals surface area contributed by atoms with Gasteiger partial charge in [0.15, 0.2) is 5.96 Å². The van der Waals surface area contributed by atoms with Crippen molar-refractivity contribution in [3.8, 4) is 0 Å². The molecule has 0 radical (unpaired) electrons. The summed E-state index contributed by atoms with van der Waals surface area (Å²) in [6.45, 7) is 8.68. The summed E-state index contributed by atoms with van der Waals surface area (Å²) in [4.78, 5) is 13.4. The highest BCUT2D eigenvalue weighted by Crippen LogP contribution is 2.25. The molecule has 1 saturated heterocycles. The van der Waals surface area contributed by atoms with Gasteiger partial charge in [0.1, 0.15) is 5.76 Å². The lowest BCUT2D eigenvalue weighted by Crippen LogP contribution is -2.52. The van der Waals surface area contributed by atoms with Crippen LogP contribution in [-0.4, -0.2) is 55.1 Å². The number of halogens is 2. The highest BCUT2D eigenvalue weighted by atomic mass is 127. The zero-order chi connectivity index (χ0) is 18.2. The maximum Gasteiger partial charge on any atom is 0.194 e. The predicted molar refractivity (Wildman–Crippen MR) is 121 cm³/mol. The van der Waals surface area contributed by atoms with E-state index in [2.05, 4.69) is 26.7 Å². The third-order valence-corrected chi connectivity index (χ3v) is 4.57. The van der Waals surface area contributed by atoms with E-state index in [0.717, 1.165) is 50.0 Å². The Morgan fingerprint density at radius 3 is 2.81 bits per heavy atom. The third kappa shape index (κ3) is 6.14. The summed E-state index contributed by atoms with van der Waals surface area (Å²) in [6, 6.07) is 5.84. The molecule has 2 aromatic rings. The number of aromatic nitrogens is 1. The molecule has 1 N–H and O–H groups in total. The van der Waals surface area contributed by atoms with Gasteiger partial charge in [0, 0.05) is 58.1 Å². The summed E-state index contributed by atoms with van der Waals surface area (Å²) >= 11 is 6.27. The van der Waals surface area contributed by atoms with E-state index in [9.17, 15) is 0 Å². The average Bonchev–Trinajstić information content (AvgIpc) is 3.19. The maximum atomic E-state index is 6.27. The topological polar surface area (TPSA) is 56.9 Å². The van der Waals surface area contributed by atoms with Crippen LogP contribution in [0, 0.1) is 0 Å². The van der Waals surface area contributed by atoms with Crippen molar-refractivity contribution in [3.05, 3.63) is 60.3 Å². The number of pyridine rings is 1. The van der Waals surface area contributed by atoms with Crippen LogP contribution in [-0.2, 0) is 6.42 Å². The van der Waals surface area contributed by atoms with Crippen molar-refractivity contribution in [2.24, 2.45) is 4.99 Å². The van der Waals surface area contributed by atoms with Gasteiger partial charge < -0.3 is 19.5 Å². The van der Waals surface area contributed by atoms with Crippen molar-refractivity contribution in [2.45, 2.75) is 6.42 Å². The molecule has 6 nitrogen and oxygen atoms in total. The van der Waals surface area contributed by atoms with E-state index in [0.29, 0.717) is 18.1 Å². The van der Waals surface area contributed by atoms with Crippen molar-refractivity contribution in [1.29, 1.82) is 0 Å². The Hall–Kier alpha value is -1.74. The second kappa shape index (κ2) is 11.2. The first kappa shape index (κ1) is 21.6. The largest absolute Gasteiger partial charge is 0.469 e. The van der Waals surface area contributed by atoms with Gasteiger partial charge in [-0.2, -0.15) is 0 Å². The summed E-state index contributed by atoms with van der Waals surface area (Å²) in [5.41, 5.74) is 1.04. The number of furan rings is 1. The molecule has 1 aliphatic rings. The van der Waals surface area contributed by atoms with Gasteiger partial charge in [-0.25, -0.2) is 0 Å². The van der Waals surface area contributed by atoms with E-state index in [1.165, 1.54) is 0 Å². The van der Waals surface area contributed by atoms with Gasteiger partial charge in [-0.1, -0.05) is 17.7 Å². The first-order chi connectivity index (χ1) is 12.8. The van der Waals surface area contributed by atoms with Gasteiger partial charge in [-0.05, 0) is 18.2 Å². The molecule has 8 heteroatoms. The van der Waals surface area contributed by atoms with Crippen LogP contribution in [0.2, 0.25) is 5.02 Å². The van der Waals surface area contributed by atoms with Crippen molar-refractivity contribution < 1.29 is 4.42 Å². The van der Waals surface area contributed by atoms with E-state index in [-0.39, 0.29) is 24.0 Å². The minimum atomic E-state index is 0. The van der Waals surface area contributed by atoms with Gasteiger partial charge in [0.25, 0.3) is 0 Å². The fourth-order valence-corrected chi connectivity index (χ4v) is 3.18. The van der Waals surface area contributed by atoms with E-state index in [4.69, 9.17) is 21.0 Å². The molecule has 0 amide bonds. The summed E-state index contributed by atoms with van der Waals surface area (Å²) in [6.07, 6.45) is 7.80. The third-order valence-electron chi connectivity index (χ3n) is 4.28. The first-order valence-electron chi connectivity index (χ1n) is 8.79. The van der Waals surface area contributed by atoms with Crippen LogP contribution in [0.5, 0.6) is 0 Å². The lowest BCUT2D eigenvalue weighted by molar-refractivity contribution is 0.373. The minimum absolute atomic E-state index is 0. The van der Waals surface area contributed by atoms with E-state index in [1.807, 2.05) is 24.3 Å². The molecule has 0 aliphatic carbocycles. The Labute approximate surface area is 182 Å². The van der Waals surface area contributed by atoms with Crippen molar-refractivity contribution in [3.63, 3.8) is 0 Å². The number of nitrogens with one attached hydrogen (secondary N) is 1. The number of hydrogen-bond donors (Lipinski definition) is 1. The molecule has 3 rings (SSSR count). The van der Waals surface area contributed by atoms with Crippen molar-refractivity contribution >= 4 is 47.2 Å². The monoisotopic (exact) mass is 501 g/mol. The molecule has 27 heavy (non-hydrogen) atoms. The maximum absolute atomic E-state index is 6.27. The molecule has 0 atom stereocenters. The Balaban J connectivity index is 0.00000261. The fourth-order valence-electron chi connectivity index (χ4n) is 2.94. The van der Waals surface area contributed by atoms with E-state index in [1.54, 1.807) is 18.7 Å². The summed E-state index contributed by atoms with van der Waals surface area (Å²) < 4.78 is 5.37. The van der Waals surface area contributed by atoms with Crippen LogP contribution >= 0.6 is 35.6 Å². The molecule has 0 saturated carbocycles. The fraction of sp³-hybridized carbons (Fsp3) is 0.368. The Morgan fingerprint density at radius 2 is 2.15 bits per heavy atom. The van der Waals surface area contributed by atoms with Crippen LogP contribution < -0.4 is 10.2 Å². The minimum Gasteiger partial charge on any atom is -0.469 e. The highest BCUT2D eigenvalue weighted by Gasteiger charge is 2.21. The molecule has 1 aliphatic heterocycles. The zero-order valence-corrected chi connectivity index (χ0v) is 18.3. The Kier molecular flexibility index (Phi) is 8.93. The van der Waals surface area contributed by atoms with Crippen LogP contribution in [0.15, 0.2) is 58.9 Å². The number of piperazine rings is 1. The van der Waals surface area contributed by atoms with Crippen molar-refractivity contribution in [1.82, 2.24) is 15.2 Å². The zero-order valence-electron chi connectivity index (χ0n) is 15.2. The SMILES string of the molecule is C=CCNC(=NCCc1ccco1)N1CCN(c2ccncc2Cl)CC1.I. The van der Waals surface area contributed by atoms with Gasteiger partial charge >= 0.3 is 0 Å². The first-order valence-corrected chi connectivity index (χ1v) is 9.16. The van der Waals surface area contributed by atoms with Crippen LogP contribution in [0.1, 0.15) is 5.76 Å². The molecule has 0 spiro atoms. The molecule has 0 unspecified atom stereocenters. The second-order valence-corrected chi connectivity index (χ2v) is 6.41. The lowest BCUT2D eigenvalue weighted by Gasteiger charge is -2.38. The molecule has 1 fully saturated rings. The number of guanidine groups is 1. The molecular formula is C19H25ClIN5O. The van der Waals surface area contributed by atoms with Crippen LogP contribution in [0.25, 0.3) is 0 Å². The van der Waals surface area contributed by atoms with Gasteiger partial charge in [0.05, 0.1) is 17.0 Å². The lowest BCUT2D eigenvalue weighted by atomic mass is 10.2. The smallest absolute Gasteiger partial charge is 0.194 e. The van der Waals surface area contributed by atoms with E-state index < -0.39 is 0 Å².